The van der Waals surface area contributed by atoms with Crippen molar-refractivity contribution in [3.8, 4) is 0 Å². The van der Waals surface area contributed by atoms with E-state index >= 15 is 0 Å². The Morgan fingerprint density at radius 2 is 0.882 bits per heavy atom. The molecule has 17 heavy (non-hydrogen) atoms. The monoisotopic (exact) mass is 347 g/mol. The Morgan fingerprint density at radius 3 is 0.941 bits per heavy atom. The van der Waals surface area contributed by atoms with Gasteiger partial charge in [0.1, 0.15) is 0 Å². The van der Waals surface area contributed by atoms with Gasteiger partial charge in [0.15, 0.2) is 0 Å². The molecule has 0 amide bonds. The van der Waals surface area contributed by atoms with Crippen molar-refractivity contribution >= 4 is 8.80 Å². The van der Waals surface area contributed by atoms with E-state index in [0.29, 0.717) is 0 Å². The number of aryl methyl sites for hydroxylation is 2. The average Bonchev–Trinajstić information content (AvgIpc) is 2.17. The second-order valence-corrected chi connectivity index (χ2v) is 7.26. The number of hydrogen-bond acceptors (Lipinski definition) is 0. The minimum atomic E-state index is 0. The fraction of sp³-hybridized carbons (Fsp3) is 0.583. The van der Waals surface area contributed by atoms with Gasteiger partial charge in [-0.2, -0.15) is 28.3 Å². The van der Waals surface area contributed by atoms with Crippen molar-refractivity contribution in [3.05, 3.63) is 28.3 Å². The van der Waals surface area contributed by atoms with Crippen LogP contribution in [0.2, 0.25) is 19.6 Å². The van der Waals surface area contributed by atoms with Gasteiger partial charge in [0.25, 0.3) is 0 Å². The van der Waals surface area contributed by atoms with Crippen LogP contribution in [0.1, 0.15) is 22.3 Å². The first-order valence-corrected chi connectivity index (χ1v) is 7.83. The first-order valence-electron chi connectivity index (χ1n) is 4.83. The van der Waals surface area contributed by atoms with E-state index in [9.17, 15) is 0 Å². The van der Waals surface area contributed by atoms with E-state index in [1.54, 1.807) is 0 Å². The molecule has 0 aromatic heterocycles. The Kier molecular flexibility index (Phi) is 27.6. The number of hydrogen-bond donors (Lipinski definition) is 0. The first-order chi connectivity index (χ1) is 5.86. The molecule has 0 heterocycles. The van der Waals surface area contributed by atoms with Crippen molar-refractivity contribution in [2.45, 2.75) is 47.3 Å². The Hall–Kier alpha value is 1.15. The molecule has 0 aliphatic rings. The van der Waals surface area contributed by atoms with Crippen LogP contribution in [0.15, 0.2) is 6.07 Å². The quantitative estimate of drug-likeness (QED) is 0.325. The zero-order valence-electron chi connectivity index (χ0n) is 11.7. The number of halogens is 3. The predicted molar refractivity (Wildman–Crippen MR) is 64.3 cm³/mol. The maximum Gasteiger partial charge on any atom is 4.00 e. The number of rotatable bonds is 0. The largest absolute Gasteiger partial charge is 4.00 e. The Balaban J connectivity index is -0.0000000542. The average molecular weight is 349 g/mol. The van der Waals surface area contributed by atoms with Crippen LogP contribution in [-0.4, -0.2) is 8.80 Å². The molecule has 1 radical (unpaired) electrons. The summed E-state index contributed by atoms with van der Waals surface area (Å²) in [4.78, 5) is 0. The molecule has 0 aliphatic carbocycles. The molecule has 0 N–H and O–H groups in total. The molecule has 1 rings (SSSR count). The van der Waals surface area contributed by atoms with Gasteiger partial charge < -0.3 is 37.2 Å². The predicted octanol–water partition coefficient (Wildman–Crippen LogP) is -4.98. The second-order valence-electron chi connectivity index (χ2n) is 4.26. The van der Waals surface area contributed by atoms with Crippen molar-refractivity contribution in [2.75, 3.05) is 0 Å². The second kappa shape index (κ2) is 15.2. The van der Waals surface area contributed by atoms with Gasteiger partial charge in [-0.15, -0.1) is 0 Å². The fourth-order valence-corrected chi connectivity index (χ4v) is 1.13. The Morgan fingerprint density at radius 1 is 0.706 bits per heavy atom. The van der Waals surface area contributed by atoms with Crippen LogP contribution in [0.3, 0.4) is 0 Å². The summed E-state index contributed by atoms with van der Waals surface area (Å²) in [7, 11) is 0.120. The SMILES string of the molecule is C[Si](C)C.Cc1[cH-]c(C)c(C)c1C.[Cl-].[Cl-].[Cl-].[Ti+4]. The summed E-state index contributed by atoms with van der Waals surface area (Å²) in [6, 6.07) is 2.24. The van der Waals surface area contributed by atoms with Gasteiger partial charge >= 0.3 is 21.7 Å². The molecule has 0 aliphatic heterocycles. The van der Waals surface area contributed by atoms with E-state index in [2.05, 4.69) is 53.4 Å². The van der Waals surface area contributed by atoms with Crippen LogP contribution in [0, 0.1) is 27.7 Å². The zero-order valence-corrected chi connectivity index (χ0v) is 16.5. The zero-order chi connectivity index (χ0) is 10.6. The summed E-state index contributed by atoms with van der Waals surface area (Å²) in [5.74, 6) is 0. The van der Waals surface area contributed by atoms with E-state index in [4.69, 9.17) is 0 Å². The van der Waals surface area contributed by atoms with Crippen LogP contribution in [0.25, 0.3) is 0 Å². The van der Waals surface area contributed by atoms with Crippen molar-refractivity contribution < 1.29 is 58.9 Å². The van der Waals surface area contributed by atoms with Gasteiger partial charge in [-0.25, -0.2) is 0 Å². The molecule has 1 aromatic rings. The van der Waals surface area contributed by atoms with Gasteiger partial charge in [0.05, 0.1) is 0 Å². The maximum atomic E-state index is 2.27. The van der Waals surface area contributed by atoms with Gasteiger partial charge in [0.2, 0.25) is 0 Å². The third-order valence-corrected chi connectivity index (χ3v) is 2.18. The summed E-state index contributed by atoms with van der Waals surface area (Å²) < 4.78 is 0. The summed E-state index contributed by atoms with van der Waals surface area (Å²) in [5, 5.41) is 0. The maximum absolute atomic E-state index is 2.27. The summed E-state index contributed by atoms with van der Waals surface area (Å²) in [6.45, 7) is 15.5. The van der Waals surface area contributed by atoms with Crippen molar-refractivity contribution in [1.29, 1.82) is 0 Å². The summed E-state index contributed by atoms with van der Waals surface area (Å²) in [6.07, 6.45) is 0. The molecule has 99 valence electrons. The molecule has 1 aromatic carbocycles. The van der Waals surface area contributed by atoms with E-state index in [-0.39, 0.29) is 67.7 Å². The third kappa shape index (κ3) is 13.4. The fourth-order valence-electron chi connectivity index (χ4n) is 1.13. The Bertz CT molecular complexity index is 248. The summed E-state index contributed by atoms with van der Waals surface area (Å²) in [5.41, 5.74) is 5.75. The summed E-state index contributed by atoms with van der Waals surface area (Å²) >= 11 is 0. The van der Waals surface area contributed by atoms with Crippen LogP contribution < -0.4 is 37.2 Å². The van der Waals surface area contributed by atoms with Crippen LogP contribution in [0.5, 0.6) is 0 Å². The molecule has 0 spiro atoms. The van der Waals surface area contributed by atoms with Crippen LogP contribution in [0.4, 0.5) is 0 Å². The van der Waals surface area contributed by atoms with Crippen molar-refractivity contribution in [2.24, 2.45) is 0 Å². The molecule has 0 unspecified atom stereocenters. The smallest absolute Gasteiger partial charge is 1.00 e. The van der Waals surface area contributed by atoms with E-state index < -0.39 is 0 Å². The molecular formula is C12H22Cl3SiTi. The third-order valence-electron chi connectivity index (χ3n) is 2.18. The molecule has 0 nitrogen and oxygen atoms in total. The van der Waals surface area contributed by atoms with Crippen molar-refractivity contribution in [3.63, 3.8) is 0 Å². The molecule has 0 saturated carbocycles. The van der Waals surface area contributed by atoms with Gasteiger partial charge in [-0.3, -0.25) is 0 Å². The Labute approximate surface area is 142 Å². The minimum Gasteiger partial charge on any atom is -1.00 e. The van der Waals surface area contributed by atoms with E-state index in [1.165, 1.54) is 22.3 Å². The van der Waals surface area contributed by atoms with Gasteiger partial charge in [0, 0.05) is 8.80 Å². The topological polar surface area (TPSA) is 0 Å². The van der Waals surface area contributed by atoms with E-state index in [0.717, 1.165) is 0 Å². The normalized spacial score (nSPS) is 7.53. The van der Waals surface area contributed by atoms with Crippen molar-refractivity contribution in [1.82, 2.24) is 0 Å². The molecule has 0 fully saturated rings. The van der Waals surface area contributed by atoms with Gasteiger partial charge in [-0.1, -0.05) is 47.3 Å². The molecule has 5 heteroatoms. The molecule has 0 saturated heterocycles. The van der Waals surface area contributed by atoms with E-state index in [1.807, 2.05) is 0 Å². The molecule has 0 atom stereocenters. The molecular weight excluding hydrogens is 326 g/mol. The first kappa shape index (κ1) is 30.9. The molecule has 0 bridgehead atoms. The standard InChI is InChI=1S/C9H13.C3H9Si.3ClH.Ti/c1-6-5-7(2)9(4)8(6)3;1-4(2)3;;;;/h5H,1-4H3;1-3H3;3*1H;/q-1;;;;;+4/p-3. The minimum absolute atomic E-state index is 0. The van der Waals surface area contributed by atoms with Gasteiger partial charge in [-0.05, 0) is 0 Å². The van der Waals surface area contributed by atoms with Crippen LogP contribution >= 0.6 is 0 Å². The van der Waals surface area contributed by atoms with Crippen LogP contribution in [-0.2, 0) is 21.7 Å².